The Morgan fingerprint density at radius 3 is 2.71 bits per heavy atom. The molecule has 1 aromatic carbocycles. The van der Waals surface area contributed by atoms with Crippen molar-refractivity contribution in [3.63, 3.8) is 0 Å². The van der Waals surface area contributed by atoms with Gasteiger partial charge in [0.25, 0.3) is 0 Å². The second kappa shape index (κ2) is 6.22. The van der Waals surface area contributed by atoms with E-state index in [1.54, 1.807) is 12.1 Å². The predicted molar refractivity (Wildman–Crippen MR) is 65.9 cm³/mol. The van der Waals surface area contributed by atoms with Gasteiger partial charge in [-0.05, 0) is 17.7 Å². The Balaban J connectivity index is 2.76. The third-order valence-electron chi connectivity index (χ3n) is 2.34. The summed E-state index contributed by atoms with van der Waals surface area (Å²) in [6.45, 7) is 4.40. The Morgan fingerprint density at radius 2 is 2.12 bits per heavy atom. The fourth-order valence-corrected chi connectivity index (χ4v) is 1.41. The number of amides is 1. The van der Waals surface area contributed by atoms with Gasteiger partial charge in [-0.1, -0.05) is 19.9 Å². The highest BCUT2D eigenvalue weighted by Gasteiger charge is 2.10. The molecule has 94 valence electrons. The van der Waals surface area contributed by atoms with E-state index in [2.05, 4.69) is 10.6 Å². The minimum Gasteiger partial charge on any atom is -0.506 e. The first kappa shape index (κ1) is 13.5. The summed E-state index contributed by atoms with van der Waals surface area (Å²) in [5.41, 5.74) is 0.932. The van der Waals surface area contributed by atoms with Gasteiger partial charge in [0.05, 0.1) is 11.8 Å². The van der Waals surface area contributed by atoms with E-state index in [-0.39, 0.29) is 11.8 Å². The molecular weight excluding hydrogens is 220 g/mol. The fourth-order valence-electron chi connectivity index (χ4n) is 1.41. The van der Waals surface area contributed by atoms with Crippen molar-refractivity contribution in [1.29, 1.82) is 0 Å². The molecular formula is C12H18N2O3. The topological polar surface area (TPSA) is 81.6 Å². The molecule has 0 unspecified atom stereocenters. The third kappa shape index (κ3) is 4.05. The van der Waals surface area contributed by atoms with Crippen LogP contribution >= 0.6 is 0 Å². The molecule has 5 nitrogen and oxygen atoms in total. The average molecular weight is 238 g/mol. The number of rotatable bonds is 6. The normalized spacial score (nSPS) is 12.5. The molecule has 17 heavy (non-hydrogen) atoms. The molecule has 1 rings (SSSR count). The highest BCUT2D eigenvalue weighted by Crippen LogP contribution is 2.26. The van der Waals surface area contributed by atoms with Gasteiger partial charge in [0.15, 0.2) is 0 Å². The summed E-state index contributed by atoms with van der Waals surface area (Å²) in [6.07, 6.45) is -0.192. The lowest BCUT2D eigenvalue weighted by atomic mass is 10.1. The van der Waals surface area contributed by atoms with Crippen LogP contribution in [0.1, 0.15) is 25.5 Å². The summed E-state index contributed by atoms with van der Waals surface area (Å²) in [5, 5.41) is 24.8. The minimum absolute atomic E-state index is 0.0233. The quantitative estimate of drug-likeness (QED) is 0.440. The summed E-state index contributed by atoms with van der Waals surface area (Å²) in [5.74, 6) is -0.0233. The largest absolute Gasteiger partial charge is 0.506 e. The molecule has 0 radical (unpaired) electrons. The number of aliphatic hydroxyl groups is 1. The third-order valence-corrected chi connectivity index (χ3v) is 2.34. The van der Waals surface area contributed by atoms with Crippen molar-refractivity contribution in [2.45, 2.75) is 26.0 Å². The molecule has 0 fully saturated rings. The van der Waals surface area contributed by atoms with Crippen LogP contribution in [0.4, 0.5) is 5.69 Å². The zero-order chi connectivity index (χ0) is 12.8. The zero-order valence-corrected chi connectivity index (χ0v) is 9.97. The first-order valence-corrected chi connectivity index (χ1v) is 5.49. The number of carbonyl (C=O) groups excluding carboxylic acids is 1. The van der Waals surface area contributed by atoms with E-state index in [4.69, 9.17) is 0 Å². The Morgan fingerprint density at radius 1 is 1.41 bits per heavy atom. The molecule has 1 aromatic rings. The van der Waals surface area contributed by atoms with Crippen LogP contribution in [0, 0.1) is 0 Å². The highest BCUT2D eigenvalue weighted by atomic mass is 16.3. The van der Waals surface area contributed by atoms with E-state index < -0.39 is 6.10 Å². The van der Waals surface area contributed by atoms with E-state index >= 15 is 0 Å². The van der Waals surface area contributed by atoms with E-state index in [0.717, 1.165) is 0 Å². The lowest BCUT2D eigenvalue weighted by molar-refractivity contribution is -0.105. The van der Waals surface area contributed by atoms with Gasteiger partial charge in [0.1, 0.15) is 5.75 Å². The number of nitrogens with one attached hydrogen (secondary N) is 2. The number of anilines is 1. The molecule has 0 spiro atoms. The van der Waals surface area contributed by atoms with Crippen LogP contribution in [-0.2, 0) is 4.79 Å². The van der Waals surface area contributed by atoms with Crippen molar-refractivity contribution in [1.82, 2.24) is 5.32 Å². The van der Waals surface area contributed by atoms with Gasteiger partial charge in [-0.3, -0.25) is 4.79 Å². The second-order valence-electron chi connectivity index (χ2n) is 4.12. The lowest BCUT2D eigenvalue weighted by Gasteiger charge is -2.15. The Kier molecular flexibility index (Phi) is 4.93. The molecule has 0 aliphatic rings. The maximum absolute atomic E-state index is 10.3. The number of phenols is 1. The SMILES string of the molecule is CC(C)NC[C@@H](O)c1ccc(O)c(NC=O)c1. The van der Waals surface area contributed by atoms with Crippen LogP contribution < -0.4 is 10.6 Å². The first-order chi connectivity index (χ1) is 8.04. The van der Waals surface area contributed by atoms with Gasteiger partial charge in [-0.25, -0.2) is 0 Å². The monoisotopic (exact) mass is 238 g/mol. The van der Waals surface area contributed by atoms with Gasteiger partial charge >= 0.3 is 0 Å². The van der Waals surface area contributed by atoms with Crippen molar-refractivity contribution in [2.75, 3.05) is 11.9 Å². The number of hydrogen-bond acceptors (Lipinski definition) is 4. The van der Waals surface area contributed by atoms with Crippen LogP contribution in [0.3, 0.4) is 0 Å². The van der Waals surface area contributed by atoms with Crippen LogP contribution in [0.2, 0.25) is 0 Å². The van der Waals surface area contributed by atoms with E-state index in [0.29, 0.717) is 24.2 Å². The maximum atomic E-state index is 10.3. The molecule has 0 aliphatic heterocycles. The standard InChI is InChI=1S/C12H18N2O3/c1-8(2)13-6-12(17)9-3-4-11(16)10(5-9)14-7-15/h3-5,7-8,12-13,16-17H,6H2,1-2H3,(H,14,15)/t12-/m1/s1. The minimum atomic E-state index is -0.676. The number of phenolic OH excluding ortho intramolecular Hbond substituents is 1. The molecule has 1 atom stereocenters. The van der Waals surface area contributed by atoms with Crippen molar-refractivity contribution in [3.05, 3.63) is 23.8 Å². The summed E-state index contributed by atoms with van der Waals surface area (Å²) < 4.78 is 0. The van der Waals surface area contributed by atoms with Gasteiger partial charge in [-0.2, -0.15) is 0 Å². The van der Waals surface area contributed by atoms with E-state index in [1.807, 2.05) is 13.8 Å². The molecule has 0 heterocycles. The van der Waals surface area contributed by atoms with Crippen LogP contribution in [0.5, 0.6) is 5.75 Å². The highest BCUT2D eigenvalue weighted by molar-refractivity contribution is 5.75. The maximum Gasteiger partial charge on any atom is 0.211 e. The molecule has 0 saturated heterocycles. The summed E-state index contributed by atoms with van der Waals surface area (Å²) in [7, 11) is 0. The second-order valence-corrected chi connectivity index (χ2v) is 4.12. The van der Waals surface area contributed by atoms with E-state index in [9.17, 15) is 15.0 Å². The van der Waals surface area contributed by atoms with Gasteiger partial charge in [0.2, 0.25) is 6.41 Å². The summed E-state index contributed by atoms with van der Waals surface area (Å²) in [6, 6.07) is 4.91. The van der Waals surface area contributed by atoms with Crippen molar-refractivity contribution < 1.29 is 15.0 Å². The first-order valence-electron chi connectivity index (χ1n) is 5.49. The number of carbonyl (C=O) groups is 1. The predicted octanol–water partition coefficient (Wildman–Crippen LogP) is 0.992. The molecule has 0 saturated carbocycles. The van der Waals surface area contributed by atoms with Crippen molar-refractivity contribution in [3.8, 4) is 5.75 Å². The Bertz CT molecular complexity index is 380. The molecule has 1 amide bonds. The number of benzene rings is 1. The smallest absolute Gasteiger partial charge is 0.211 e. The molecule has 0 bridgehead atoms. The summed E-state index contributed by atoms with van der Waals surface area (Å²) in [4.78, 5) is 10.3. The van der Waals surface area contributed by atoms with Gasteiger partial charge in [0, 0.05) is 12.6 Å². The molecule has 5 heteroatoms. The Labute approximate surface area is 100 Å². The van der Waals surface area contributed by atoms with Crippen molar-refractivity contribution >= 4 is 12.1 Å². The fraction of sp³-hybridized carbons (Fsp3) is 0.417. The van der Waals surface area contributed by atoms with Gasteiger partial charge < -0.3 is 20.8 Å². The van der Waals surface area contributed by atoms with Gasteiger partial charge in [-0.15, -0.1) is 0 Å². The van der Waals surface area contributed by atoms with Crippen LogP contribution in [0.25, 0.3) is 0 Å². The zero-order valence-electron chi connectivity index (χ0n) is 9.97. The Hall–Kier alpha value is -1.59. The van der Waals surface area contributed by atoms with Crippen molar-refractivity contribution in [2.24, 2.45) is 0 Å². The van der Waals surface area contributed by atoms with Crippen LogP contribution in [-0.4, -0.2) is 29.2 Å². The van der Waals surface area contributed by atoms with Crippen LogP contribution in [0.15, 0.2) is 18.2 Å². The number of aliphatic hydroxyl groups excluding tert-OH is 1. The molecule has 0 aromatic heterocycles. The molecule has 4 N–H and O–H groups in total. The average Bonchev–Trinajstić information content (AvgIpc) is 2.29. The lowest BCUT2D eigenvalue weighted by Crippen LogP contribution is -2.27. The number of hydrogen-bond donors (Lipinski definition) is 4. The molecule has 0 aliphatic carbocycles. The summed E-state index contributed by atoms with van der Waals surface area (Å²) >= 11 is 0. The number of aromatic hydroxyl groups is 1. The van der Waals surface area contributed by atoms with E-state index in [1.165, 1.54) is 6.07 Å².